The fourth-order valence-electron chi connectivity index (χ4n) is 2.10. The molecule has 0 spiro atoms. The minimum absolute atomic E-state index is 0.0318. The summed E-state index contributed by atoms with van der Waals surface area (Å²) in [6.45, 7) is 4.77. The molecule has 0 aliphatic carbocycles. The number of halogens is 2. The second-order valence-electron chi connectivity index (χ2n) is 4.75. The molecule has 0 fully saturated rings. The van der Waals surface area contributed by atoms with E-state index in [0.717, 1.165) is 36.7 Å². The number of benzene rings is 1. The summed E-state index contributed by atoms with van der Waals surface area (Å²) in [7, 11) is 0. The Kier molecular flexibility index (Phi) is 7.47. The lowest BCUT2D eigenvalue weighted by Gasteiger charge is -2.16. The normalized spacial score (nSPS) is 12.2. The van der Waals surface area contributed by atoms with Gasteiger partial charge in [0.15, 0.2) is 0 Å². The highest BCUT2D eigenvalue weighted by Gasteiger charge is 2.13. The SMILES string of the molecule is CCCC(CCBr)CNC(=O)c1cccc(Cl)c1C. The summed E-state index contributed by atoms with van der Waals surface area (Å²) < 4.78 is 0. The summed E-state index contributed by atoms with van der Waals surface area (Å²) in [5, 5.41) is 4.63. The first kappa shape index (κ1) is 16.5. The van der Waals surface area contributed by atoms with Crippen LogP contribution in [0.25, 0.3) is 0 Å². The predicted molar refractivity (Wildman–Crippen MR) is 85.3 cm³/mol. The van der Waals surface area contributed by atoms with Gasteiger partial charge in [0.05, 0.1) is 0 Å². The third-order valence-electron chi connectivity index (χ3n) is 3.28. The van der Waals surface area contributed by atoms with Crippen LogP contribution >= 0.6 is 27.5 Å². The van der Waals surface area contributed by atoms with E-state index >= 15 is 0 Å². The van der Waals surface area contributed by atoms with E-state index in [9.17, 15) is 4.79 Å². The van der Waals surface area contributed by atoms with E-state index in [1.165, 1.54) is 0 Å². The lowest BCUT2D eigenvalue weighted by Crippen LogP contribution is -2.30. The van der Waals surface area contributed by atoms with E-state index in [2.05, 4.69) is 28.2 Å². The van der Waals surface area contributed by atoms with Gasteiger partial charge in [0.1, 0.15) is 0 Å². The molecule has 0 aliphatic rings. The molecule has 0 aromatic heterocycles. The van der Waals surface area contributed by atoms with E-state index < -0.39 is 0 Å². The van der Waals surface area contributed by atoms with Crippen LogP contribution in [0.2, 0.25) is 5.02 Å². The Hall–Kier alpha value is -0.540. The van der Waals surface area contributed by atoms with E-state index in [-0.39, 0.29) is 5.91 Å². The van der Waals surface area contributed by atoms with Crippen LogP contribution in [-0.2, 0) is 0 Å². The van der Waals surface area contributed by atoms with Gasteiger partial charge in [0.25, 0.3) is 5.91 Å². The van der Waals surface area contributed by atoms with Crippen molar-refractivity contribution in [3.05, 3.63) is 34.3 Å². The average molecular weight is 347 g/mol. The highest BCUT2D eigenvalue weighted by molar-refractivity contribution is 9.09. The fourth-order valence-corrected chi connectivity index (χ4v) is 2.92. The van der Waals surface area contributed by atoms with Crippen molar-refractivity contribution in [2.24, 2.45) is 5.92 Å². The zero-order valence-corrected chi connectivity index (χ0v) is 13.9. The number of nitrogens with one attached hydrogen (secondary N) is 1. The van der Waals surface area contributed by atoms with Crippen molar-refractivity contribution in [1.82, 2.24) is 5.32 Å². The molecule has 0 saturated carbocycles. The molecule has 2 nitrogen and oxygen atoms in total. The molecule has 19 heavy (non-hydrogen) atoms. The summed E-state index contributed by atoms with van der Waals surface area (Å²) in [5.41, 5.74) is 1.51. The van der Waals surface area contributed by atoms with Gasteiger partial charge in [-0.25, -0.2) is 0 Å². The van der Waals surface area contributed by atoms with Crippen molar-refractivity contribution in [3.8, 4) is 0 Å². The zero-order chi connectivity index (χ0) is 14.3. The van der Waals surface area contributed by atoms with Crippen molar-refractivity contribution >= 4 is 33.4 Å². The van der Waals surface area contributed by atoms with Crippen LogP contribution < -0.4 is 5.32 Å². The first-order valence-corrected chi connectivity index (χ1v) is 8.19. The molecule has 1 atom stereocenters. The van der Waals surface area contributed by atoms with Gasteiger partial charge in [-0.1, -0.05) is 46.9 Å². The molecule has 1 rings (SSSR count). The fraction of sp³-hybridized carbons (Fsp3) is 0.533. The Labute approximate surface area is 129 Å². The maximum atomic E-state index is 12.1. The van der Waals surface area contributed by atoms with Crippen molar-refractivity contribution in [1.29, 1.82) is 0 Å². The number of rotatable bonds is 7. The van der Waals surface area contributed by atoms with Crippen LogP contribution in [0.1, 0.15) is 42.1 Å². The highest BCUT2D eigenvalue weighted by Crippen LogP contribution is 2.19. The van der Waals surface area contributed by atoms with Gasteiger partial charge in [0.2, 0.25) is 0 Å². The van der Waals surface area contributed by atoms with Crippen molar-refractivity contribution < 1.29 is 4.79 Å². The van der Waals surface area contributed by atoms with Gasteiger partial charge in [-0.05, 0) is 43.4 Å². The third kappa shape index (κ3) is 5.15. The molecular formula is C15H21BrClNO. The second kappa shape index (κ2) is 8.60. The van der Waals surface area contributed by atoms with Crippen molar-refractivity contribution in [3.63, 3.8) is 0 Å². The van der Waals surface area contributed by atoms with Crippen LogP contribution in [0.3, 0.4) is 0 Å². The highest BCUT2D eigenvalue weighted by atomic mass is 79.9. The molecule has 1 N–H and O–H groups in total. The van der Waals surface area contributed by atoms with Crippen LogP contribution in [-0.4, -0.2) is 17.8 Å². The van der Waals surface area contributed by atoms with Crippen molar-refractivity contribution in [2.75, 3.05) is 11.9 Å². The predicted octanol–water partition coefficient (Wildman–Crippen LogP) is 4.58. The lowest BCUT2D eigenvalue weighted by atomic mass is 10.0. The maximum absolute atomic E-state index is 12.1. The maximum Gasteiger partial charge on any atom is 0.251 e. The van der Waals surface area contributed by atoms with Crippen LogP contribution in [0.15, 0.2) is 18.2 Å². The molecule has 4 heteroatoms. The minimum atomic E-state index is -0.0318. The number of carbonyl (C=O) groups excluding carboxylic acids is 1. The first-order valence-electron chi connectivity index (χ1n) is 6.69. The molecule has 0 radical (unpaired) electrons. The third-order valence-corrected chi connectivity index (χ3v) is 4.15. The summed E-state index contributed by atoms with van der Waals surface area (Å²) in [6, 6.07) is 5.43. The molecule has 0 bridgehead atoms. The van der Waals surface area contributed by atoms with Gasteiger partial charge in [-0.3, -0.25) is 4.79 Å². The first-order chi connectivity index (χ1) is 9.10. The molecule has 1 aromatic carbocycles. The summed E-state index contributed by atoms with van der Waals surface area (Å²) >= 11 is 9.50. The standard InChI is InChI=1S/C15H21BrClNO/c1-3-5-12(8-9-16)10-18-15(19)13-6-4-7-14(17)11(13)2/h4,6-7,12H,3,5,8-10H2,1-2H3,(H,18,19). The second-order valence-corrected chi connectivity index (χ2v) is 5.95. The number of hydrogen-bond acceptors (Lipinski definition) is 1. The summed E-state index contributed by atoms with van der Waals surface area (Å²) in [5.74, 6) is 0.503. The molecule has 106 valence electrons. The van der Waals surface area contributed by atoms with Gasteiger partial charge >= 0.3 is 0 Å². The number of hydrogen-bond donors (Lipinski definition) is 1. The molecule has 1 amide bonds. The topological polar surface area (TPSA) is 29.1 Å². The molecule has 0 aliphatic heterocycles. The van der Waals surface area contributed by atoms with E-state index in [1.807, 2.05) is 19.1 Å². The summed E-state index contributed by atoms with van der Waals surface area (Å²) in [6.07, 6.45) is 3.37. The zero-order valence-electron chi connectivity index (χ0n) is 11.5. The van der Waals surface area contributed by atoms with Gasteiger partial charge in [-0.2, -0.15) is 0 Å². The summed E-state index contributed by atoms with van der Waals surface area (Å²) in [4.78, 5) is 12.1. The number of alkyl halides is 1. The Morgan fingerprint density at radius 2 is 2.16 bits per heavy atom. The lowest BCUT2D eigenvalue weighted by molar-refractivity contribution is 0.0945. The molecular weight excluding hydrogens is 326 g/mol. The van der Waals surface area contributed by atoms with E-state index in [1.54, 1.807) is 6.07 Å². The monoisotopic (exact) mass is 345 g/mol. The Balaban J connectivity index is 2.61. The Morgan fingerprint density at radius 3 is 2.79 bits per heavy atom. The van der Waals surface area contributed by atoms with Gasteiger partial charge in [0, 0.05) is 22.5 Å². The quantitative estimate of drug-likeness (QED) is 0.719. The minimum Gasteiger partial charge on any atom is -0.352 e. The molecule has 0 heterocycles. The average Bonchev–Trinajstić information content (AvgIpc) is 2.39. The smallest absolute Gasteiger partial charge is 0.251 e. The molecule has 1 unspecified atom stereocenters. The van der Waals surface area contributed by atoms with Crippen LogP contribution in [0.5, 0.6) is 0 Å². The van der Waals surface area contributed by atoms with E-state index in [0.29, 0.717) is 16.5 Å². The van der Waals surface area contributed by atoms with E-state index in [4.69, 9.17) is 11.6 Å². The number of amides is 1. The van der Waals surface area contributed by atoms with Crippen molar-refractivity contribution in [2.45, 2.75) is 33.1 Å². The van der Waals surface area contributed by atoms with Crippen LogP contribution in [0.4, 0.5) is 0 Å². The van der Waals surface area contributed by atoms with Gasteiger partial charge in [-0.15, -0.1) is 0 Å². The van der Waals surface area contributed by atoms with Gasteiger partial charge < -0.3 is 5.32 Å². The Bertz CT molecular complexity index is 417. The number of carbonyl (C=O) groups is 1. The van der Waals surface area contributed by atoms with Crippen LogP contribution in [0, 0.1) is 12.8 Å². The largest absolute Gasteiger partial charge is 0.352 e. The molecule has 0 saturated heterocycles. The Morgan fingerprint density at radius 1 is 1.42 bits per heavy atom. The molecule has 1 aromatic rings.